The molecule has 16 heavy (non-hydrogen) atoms. The smallest absolute Gasteiger partial charge is 0.0146 e. The third-order valence-corrected chi connectivity index (χ3v) is 3.12. The summed E-state index contributed by atoms with van der Waals surface area (Å²) in [6, 6.07) is 9.90. The monoisotopic (exact) mass is 217 g/mol. The zero-order chi connectivity index (χ0) is 11.6. The van der Waals surface area contributed by atoms with Gasteiger partial charge < -0.3 is 0 Å². The summed E-state index contributed by atoms with van der Waals surface area (Å²) in [5.41, 5.74) is 3.00. The maximum atomic E-state index is 3.42. The Hall–Kier alpha value is -0.780. The number of benzene rings is 1. The molecule has 0 aliphatic rings. The fourth-order valence-corrected chi connectivity index (χ4v) is 2.09. The molecule has 0 atom stereocenters. The summed E-state index contributed by atoms with van der Waals surface area (Å²) in [5.74, 6) is 0. The summed E-state index contributed by atoms with van der Waals surface area (Å²) >= 11 is 0. The van der Waals surface area contributed by atoms with Crippen molar-refractivity contribution in [3.05, 3.63) is 35.4 Å². The minimum Gasteiger partial charge on any atom is -0.0654 e. The Morgan fingerprint density at radius 2 is 1.62 bits per heavy atom. The second kappa shape index (κ2) is 8.38. The van der Waals surface area contributed by atoms with Crippen molar-refractivity contribution in [2.45, 2.75) is 65.2 Å². The highest BCUT2D eigenvalue weighted by Crippen LogP contribution is 2.15. The Kier molecular flexibility index (Phi) is 6.96. The van der Waals surface area contributed by atoms with E-state index < -0.39 is 0 Å². The van der Waals surface area contributed by atoms with Gasteiger partial charge in [0.2, 0.25) is 0 Å². The van der Waals surface area contributed by atoms with Crippen molar-refractivity contribution < 1.29 is 0 Å². The maximum absolute atomic E-state index is 3.42. The van der Waals surface area contributed by atoms with Gasteiger partial charge in [-0.2, -0.15) is 0 Å². The second-order valence-corrected chi connectivity index (χ2v) is 4.59. The SMILES string of the molecule is CCCCCc1[c]cccc1CCCCC. The molecule has 0 amide bonds. The van der Waals surface area contributed by atoms with Gasteiger partial charge in [0.05, 0.1) is 0 Å². The first-order valence-electron chi connectivity index (χ1n) is 6.87. The normalized spacial score (nSPS) is 10.6. The molecule has 0 heterocycles. The van der Waals surface area contributed by atoms with Crippen LogP contribution < -0.4 is 0 Å². The number of rotatable bonds is 8. The van der Waals surface area contributed by atoms with E-state index in [0.717, 1.165) is 0 Å². The average molecular weight is 217 g/mol. The van der Waals surface area contributed by atoms with Crippen molar-refractivity contribution in [2.75, 3.05) is 0 Å². The highest BCUT2D eigenvalue weighted by Gasteiger charge is 2.01. The average Bonchev–Trinajstić information content (AvgIpc) is 2.32. The van der Waals surface area contributed by atoms with Gasteiger partial charge in [0, 0.05) is 0 Å². The van der Waals surface area contributed by atoms with Gasteiger partial charge in [-0.25, -0.2) is 0 Å². The van der Waals surface area contributed by atoms with Crippen molar-refractivity contribution >= 4 is 0 Å². The topological polar surface area (TPSA) is 0 Å². The number of hydrogen-bond donors (Lipinski definition) is 0. The molecule has 0 heteroatoms. The summed E-state index contributed by atoms with van der Waals surface area (Å²) in [4.78, 5) is 0. The first kappa shape index (κ1) is 13.3. The summed E-state index contributed by atoms with van der Waals surface area (Å²) in [7, 11) is 0. The van der Waals surface area contributed by atoms with Crippen LogP contribution in [0.1, 0.15) is 63.5 Å². The van der Waals surface area contributed by atoms with Crippen molar-refractivity contribution in [3.8, 4) is 0 Å². The van der Waals surface area contributed by atoms with Gasteiger partial charge in [-0.05, 0) is 42.9 Å². The largest absolute Gasteiger partial charge is 0.0654 e. The van der Waals surface area contributed by atoms with E-state index in [-0.39, 0.29) is 0 Å². The lowest BCUT2D eigenvalue weighted by Crippen LogP contribution is -1.95. The van der Waals surface area contributed by atoms with Crippen LogP contribution in [0.5, 0.6) is 0 Å². The highest BCUT2D eigenvalue weighted by atomic mass is 14.1. The molecule has 0 aliphatic heterocycles. The zero-order valence-corrected chi connectivity index (χ0v) is 10.9. The van der Waals surface area contributed by atoms with Crippen LogP contribution in [0.25, 0.3) is 0 Å². The first-order chi connectivity index (χ1) is 7.88. The van der Waals surface area contributed by atoms with Crippen molar-refractivity contribution in [2.24, 2.45) is 0 Å². The molecular weight excluding hydrogens is 192 g/mol. The molecule has 0 saturated carbocycles. The van der Waals surface area contributed by atoms with Gasteiger partial charge in [0.1, 0.15) is 0 Å². The molecule has 1 rings (SSSR count). The Bertz CT molecular complexity index is 246. The molecule has 0 fully saturated rings. The molecule has 0 bridgehead atoms. The molecule has 0 unspecified atom stereocenters. The minimum absolute atomic E-state index is 1.22. The molecular formula is C16H25. The van der Waals surface area contributed by atoms with Crippen molar-refractivity contribution in [1.29, 1.82) is 0 Å². The molecule has 0 nitrogen and oxygen atoms in total. The summed E-state index contributed by atoms with van der Waals surface area (Å²) in [6.07, 6.45) is 10.4. The quantitative estimate of drug-likeness (QED) is 0.540. The zero-order valence-electron chi connectivity index (χ0n) is 10.9. The van der Waals surface area contributed by atoms with E-state index in [2.05, 4.69) is 38.1 Å². The first-order valence-corrected chi connectivity index (χ1v) is 6.87. The predicted octanol–water partition coefficient (Wildman–Crippen LogP) is 4.95. The molecule has 0 aromatic heterocycles. The summed E-state index contributed by atoms with van der Waals surface area (Å²) in [5, 5.41) is 0. The molecule has 0 saturated heterocycles. The molecule has 0 spiro atoms. The predicted molar refractivity (Wildman–Crippen MR) is 71.7 cm³/mol. The van der Waals surface area contributed by atoms with Crippen LogP contribution in [0.4, 0.5) is 0 Å². The molecule has 0 aliphatic carbocycles. The van der Waals surface area contributed by atoms with Gasteiger partial charge in [0.25, 0.3) is 0 Å². The van der Waals surface area contributed by atoms with Crippen LogP contribution >= 0.6 is 0 Å². The van der Waals surface area contributed by atoms with Crippen LogP contribution in [0, 0.1) is 6.07 Å². The van der Waals surface area contributed by atoms with Crippen molar-refractivity contribution in [1.82, 2.24) is 0 Å². The van der Waals surface area contributed by atoms with Crippen LogP contribution in [0.3, 0.4) is 0 Å². The Morgan fingerprint density at radius 1 is 0.938 bits per heavy atom. The lowest BCUT2D eigenvalue weighted by Gasteiger charge is -2.08. The van der Waals surface area contributed by atoms with Gasteiger partial charge in [-0.15, -0.1) is 0 Å². The fraction of sp³-hybridized carbons (Fsp3) is 0.625. The summed E-state index contributed by atoms with van der Waals surface area (Å²) < 4.78 is 0. The van der Waals surface area contributed by atoms with E-state index in [0.29, 0.717) is 0 Å². The highest BCUT2D eigenvalue weighted by molar-refractivity contribution is 5.26. The molecule has 1 aromatic rings. The molecule has 1 aromatic carbocycles. The minimum atomic E-state index is 1.22. The van der Waals surface area contributed by atoms with Gasteiger partial charge in [0.15, 0.2) is 0 Å². The third-order valence-electron chi connectivity index (χ3n) is 3.12. The van der Waals surface area contributed by atoms with E-state index in [1.807, 2.05) is 0 Å². The van der Waals surface area contributed by atoms with Gasteiger partial charge in [-0.3, -0.25) is 0 Å². The fourth-order valence-electron chi connectivity index (χ4n) is 2.09. The Balaban J connectivity index is 2.46. The number of unbranched alkanes of at least 4 members (excludes halogenated alkanes) is 4. The standard InChI is InChI=1S/C16H25/c1-3-5-7-11-15-13-9-10-14-16(15)12-8-6-4-2/h9-10,13H,3-8,11-12H2,1-2H3. The van der Waals surface area contributed by atoms with E-state index in [4.69, 9.17) is 0 Å². The summed E-state index contributed by atoms with van der Waals surface area (Å²) in [6.45, 7) is 4.52. The van der Waals surface area contributed by atoms with E-state index in [1.54, 1.807) is 0 Å². The third kappa shape index (κ3) is 4.83. The number of aryl methyl sites for hydroxylation is 2. The lowest BCUT2D eigenvalue weighted by atomic mass is 9.97. The number of hydrogen-bond acceptors (Lipinski definition) is 0. The van der Waals surface area contributed by atoms with Crippen LogP contribution in [-0.4, -0.2) is 0 Å². The molecule has 1 radical (unpaired) electrons. The van der Waals surface area contributed by atoms with E-state index >= 15 is 0 Å². The van der Waals surface area contributed by atoms with Crippen LogP contribution in [-0.2, 0) is 12.8 Å². The Morgan fingerprint density at radius 3 is 2.31 bits per heavy atom. The maximum Gasteiger partial charge on any atom is -0.0146 e. The lowest BCUT2D eigenvalue weighted by molar-refractivity contribution is 0.693. The van der Waals surface area contributed by atoms with Gasteiger partial charge in [-0.1, -0.05) is 57.7 Å². The Labute approximate surface area is 101 Å². The van der Waals surface area contributed by atoms with E-state index in [9.17, 15) is 0 Å². The van der Waals surface area contributed by atoms with Crippen LogP contribution in [0.15, 0.2) is 18.2 Å². The molecule has 89 valence electrons. The second-order valence-electron chi connectivity index (χ2n) is 4.59. The van der Waals surface area contributed by atoms with Crippen molar-refractivity contribution in [3.63, 3.8) is 0 Å². The van der Waals surface area contributed by atoms with Gasteiger partial charge >= 0.3 is 0 Å². The van der Waals surface area contributed by atoms with Crippen LogP contribution in [0.2, 0.25) is 0 Å². The molecule has 0 N–H and O–H groups in total. The van der Waals surface area contributed by atoms with E-state index in [1.165, 1.54) is 62.5 Å².